The van der Waals surface area contributed by atoms with Crippen LogP contribution in [0.25, 0.3) is 0 Å². The first kappa shape index (κ1) is 18.6. The van der Waals surface area contributed by atoms with Gasteiger partial charge in [-0.15, -0.1) is 0 Å². The molecule has 0 bridgehead atoms. The van der Waals surface area contributed by atoms with E-state index in [4.69, 9.17) is 9.84 Å². The van der Waals surface area contributed by atoms with Gasteiger partial charge in [0.05, 0.1) is 10.7 Å². The Morgan fingerprint density at radius 2 is 2.09 bits per heavy atom. The number of carboxylic acid groups (broad SMARTS) is 1. The molecule has 1 rings (SSSR count). The van der Waals surface area contributed by atoms with Gasteiger partial charge in [-0.25, -0.2) is 10.2 Å². The van der Waals surface area contributed by atoms with E-state index in [1.165, 1.54) is 6.21 Å². The number of aliphatic carboxylic acids is 1. The van der Waals surface area contributed by atoms with Crippen molar-refractivity contribution in [2.75, 3.05) is 13.2 Å². The molecule has 0 atom stereocenters. The van der Waals surface area contributed by atoms with Crippen molar-refractivity contribution < 1.29 is 24.2 Å². The Bertz CT molecular complexity index is 618. The fraction of sp³-hybridized carbons (Fsp3) is 0.286. The van der Waals surface area contributed by atoms with Gasteiger partial charge in [-0.1, -0.05) is 6.92 Å². The SMILES string of the molecule is CCCNC(=O)C(=O)N/N=C\c1ccc(OCC(=O)O)c(Br)c1. The Labute approximate surface area is 141 Å². The molecule has 0 aliphatic carbocycles. The monoisotopic (exact) mass is 385 g/mol. The van der Waals surface area contributed by atoms with Crippen LogP contribution in [0.4, 0.5) is 0 Å². The third kappa shape index (κ3) is 6.92. The number of carbonyl (C=O) groups excluding carboxylic acids is 2. The molecule has 0 aliphatic rings. The van der Waals surface area contributed by atoms with Gasteiger partial charge >= 0.3 is 17.8 Å². The van der Waals surface area contributed by atoms with Crippen molar-refractivity contribution in [1.82, 2.24) is 10.7 Å². The van der Waals surface area contributed by atoms with E-state index in [0.717, 1.165) is 6.42 Å². The Kier molecular flexibility index (Phi) is 7.75. The van der Waals surface area contributed by atoms with Gasteiger partial charge in [-0.3, -0.25) is 9.59 Å². The largest absolute Gasteiger partial charge is 0.481 e. The quantitative estimate of drug-likeness (QED) is 0.366. The van der Waals surface area contributed by atoms with E-state index in [1.807, 2.05) is 6.92 Å². The lowest BCUT2D eigenvalue weighted by Crippen LogP contribution is -2.38. The fourth-order valence-corrected chi connectivity index (χ4v) is 1.90. The van der Waals surface area contributed by atoms with E-state index < -0.39 is 24.4 Å². The fourth-order valence-electron chi connectivity index (χ4n) is 1.39. The minimum Gasteiger partial charge on any atom is -0.481 e. The number of nitrogens with one attached hydrogen (secondary N) is 2. The van der Waals surface area contributed by atoms with Gasteiger partial charge in [0.25, 0.3) is 0 Å². The number of rotatable bonds is 7. The maximum Gasteiger partial charge on any atom is 0.341 e. The second kappa shape index (κ2) is 9.57. The normalized spacial score (nSPS) is 10.3. The molecule has 0 fully saturated rings. The van der Waals surface area contributed by atoms with E-state index in [-0.39, 0.29) is 0 Å². The lowest BCUT2D eigenvalue weighted by Gasteiger charge is -2.06. The Balaban J connectivity index is 2.57. The maximum atomic E-state index is 11.4. The van der Waals surface area contributed by atoms with E-state index in [0.29, 0.717) is 22.3 Å². The van der Waals surface area contributed by atoms with E-state index in [9.17, 15) is 14.4 Å². The molecule has 9 heteroatoms. The summed E-state index contributed by atoms with van der Waals surface area (Å²) in [6.07, 6.45) is 2.07. The zero-order valence-electron chi connectivity index (χ0n) is 12.3. The third-order valence-corrected chi connectivity index (χ3v) is 3.05. The van der Waals surface area contributed by atoms with Crippen molar-refractivity contribution in [1.29, 1.82) is 0 Å². The van der Waals surface area contributed by atoms with Crippen molar-refractivity contribution in [2.45, 2.75) is 13.3 Å². The molecule has 124 valence electrons. The van der Waals surface area contributed by atoms with Crippen LogP contribution in [0.1, 0.15) is 18.9 Å². The zero-order valence-corrected chi connectivity index (χ0v) is 13.9. The Morgan fingerprint density at radius 3 is 2.70 bits per heavy atom. The molecule has 1 aromatic rings. The van der Waals surface area contributed by atoms with Gasteiger partial charge in [0.1, 0.15) is 5.75 Å². The predicted molar refractivity (Wildman–Crippen MR) is 86.3 cm³/mol. The molecule has 23 heavy (non-hydrogen) atoms. The number of hydrazone groups is 1. The van der Waals surface area contributed by atoms with Crippen LogP contribution in [0.3, 0.4) is 0 Å². The van der Waals surface area contributed by atoms with Gasteiger partial charge in [0.2, 0.25) is 0 Å². The molecule has 0 aliphatic heterocycles. The first-order valence-electron chi connectivity index (χ1n) is 6.69. The van der Waals surface area contributed by atoms with Crippen LogP contribution in [0.2, 0.25) is 0 Å². The molecule has 8 nitrogen and oxygen atoms in total. The number of benzene rings is 1. The van der Waals surface area contributed by atoms with Crippen molar-refractivity contribution >= 4 is 39.9 Å². The summed E-state index contributed by atoms with van der Waals surface area (Å²) in [5.41, 5.74) is 2.73. The molecule has 0 saturated heterocycles. The topological polar surface area (TPSA) is 117 Å². The first-order chi connectivity index (χ1) is 10.9. The number of nitrogens with zero attached hydrogens (tertiary/aromatic N) is 1. The smallest absolute Gasteiger partial charge is 0.341 e. The minimum absolute atomic E-state index is 0.368. The third-order valence-electron chi connectivity index (χ3n) is 2.43. The van der Waals surface area contributed by atoms with Crippen molar-refractivity contribution in [3.05, 3.63) is 28.2 Å². The molecule has 0 heterocycles. The van der Waals surface area contributed by atoms with E-state index >= 15 is 0 Å². The van der Waals surface area contributed by atoms with Crippen LogP contribution >= 0.6 is 15.9 Å². The number of ether oxygens (including phenoxy) is 1. The van der Waals surface area contributed by atoms with Crippen LogP contribution in [0.5, 0.6) is 5.75 Å². The van der Waals surface area contributed by atoms with Crippen molar-refractivity contribution in [3.8, 4) is 5.75 Å². The highest BCUT2D eigenvalue weighted by Gasteiger charge is 2.10. The lowest BCUT2D eigenvalue weighted by molar-refractivity contribution is -0.139. The molecule has 0 aromatic heterocycles. The Hall–Kier alpha value is -2.42. The standard InChI is InChI=1S/C14H16BrN3O5/c1-2-5-16-13(21)14(22)18-17-7-9-3-4-11(10(15)6-9)23-8-12(19)20/h3-4,6-7H,2,5,8H2,1H3,(H,16,21)(H,18,22)(H,19,20)/b17-7-. The van der Waals surface area contributed by atoms with Crippen molar-refractivity contribution in [3.63, 3.8) is 0 Å². The molecule has 0 saturated carbocycles. The van der Waals surface area contributed by atoms with Crippen LogP contribution in [-0.2, 0) is 14.4 Å². The summed E-state index contributed by atoms with van der Waals surface area (Å²) in [7, 11) is 0. The molecular formula is C14H16BrN3O5. The van der Waals surface area contributed by atoms with Gasteiger partial charge in [-0.05, 0) is 46.1 Å². The average molecular weight is 386 g/mol. The number of carbonyl (C=O) groups is 3. The summed E-state index contributed by atoms with van der Waals surface area (Å²) in [6, 6.07) is 4.81. The van der Waals surface area contributed by atoms with Crippen LogP contribution < -0.4 is 15.5 Å². The molecule has 0 spiro atoms. The highest BCUT2D eigenvalue weighted by atomic mass is 79.9. The van der Waals surface area contributed by atoms with Crippen LogP contribution in [0, 0.1) is 0 Å². The van der Waals surface area contributed by atoms with Gasteiger partial charge < -0.3 is 15.2 Å². The molecule has 1 aromatic carbocycles. The first-order valence-corrected chi connectivity index (χ1v) is 7.48. The summed E-state index contributed by atoms with van der Waals surface area (Å²) >= 11 is 3.24. The Morgan fingerprint density at radius 1 is 1.35 bits per heavy atom. The van der Waals surface area contributed by atoms with E-state index in [2.05, 4.69) is 31.8 Å². The molecular weight excluding hydrogens is 370 g/mol. The number of halogens is 1. The lowest BCUT2D eigenvalue weighted by atomic mass is 10.2. The molecule has 3 N–H and O–H groups in total. The number of carboxylic acids is 1. The zero-order chi connectivity index (χ0) is 17.2. The number of hydrogen-bond acceptors (Lipinski definition) is 5. The summed E-state index contributed by atoms with van der Waals surface area (Å²) < 4.78 is 5.59. The average Bonchev–Trinajstić information content (AvgIpc) is 2.51. The molecule has 0 radical (unpaired) electrons. The van der Waals surface area contributed by atoms with Gasteiger partial charge in [-0.2, -0.15) is 5.10 Å². The van der Waals surface area contributed by atoms with Crippen LogP contribution in [-0.4, -0.2) is 42.3 Å². The summed E-state index contributed by atoms with van der Waals surface area (Å²) in [6.45, 7) is 1.84. The summed E-state index contributed by atoms with van der Waals surface area (Å²) in [5.74, 6) is -2.31. The number of amides is 2. The van der Waals surface area contributed by atoms with Crippen LogP contribution in [0.15, 0.2) is 27.8 Å². The van der Waals surface area contributed by atoms with Gasteiger partial charge in [0.15, 0.2) is 6.61 Å². The van der Waals surface area contributed by atoms with Gasteiger partial charge in [0, 0.05) is 6.54 Å². The summed E-state index contributed by atoms with van der Waals surface area (Å²) in [4.78, 5) is 33.1. The minimum atomic E-state index is -1.08. The highest BCUT2D eigenvalue weighted by Crippen LogP contribution is 2.25. The van der Waals surface area contributed by atoms with Crippen molar-refractivity contribution in [2.24, 2.45) is 5.10 Å². The maximum absolute atomic E-state index is 11.4. The second-order valence-electron chi connectivity index (χ2n) is 4.33. The molecule has 2 amide bonds. The summed E-state index contributed by atoms with van der Waals surface area (Å²) in [5, 5.41) is 14.7. The second-order valence-corrected chi connectivity index (χ2v) is 5.18. The highest BCUT2D eigenvalue weighted by molar-refractivity contribution is 9.10. The predicted octanol–water partition coefficient (Wildman–Crippen LogP) is 0.889. The number of hydrogen-bond donors (Lipinski definition) is 3. The molecule has 0 unspecified atom stereocenters. The van der Waals surface area contributed by atoms with E-state index in [1.54, 1.807) is 18.2 Å².